The molecule has 1 unspecified atom stereocenters. The number of pyridine rings is 1. The van der Waals surface area contributed by atoms with Crippen LogP contribution in [0.1, 0.15) is 26.6 Å². The fraction of sp³-hybridized carbons (Fsp3) is 0.412. The number of nitrogens with zero attached hydrogens (tertiary/aromatic N) is 5. The molecule has 0 amide bonds. The number of aromatic nitrogens is 5. The van der Waals surface area contributed by atoms with Gasteiger partial charge in [-0.25, -0.2) is 4.98 Å². The first-order valence-electron chi connectivity index (χ1n) is 8.13. The van der Waals surface area contributed by atoms with Crippen LogP contribution in [0.15, 0.2) is 41.3 Å². The minimum Gasteiger partial charge on any atom is -0.366 e. The van der Waals surface area contributed by atoms with Gasteiger partial charge in [0, 0.05) is 31.1 Å². The van der Waals surface area contributed by atoms with Gasteiger partial charge in [0.25, 0.3) is 5.89 Å². The van der Waals surface area contributed by atoms with Gasteiger partial charge < -0.3 is 9.84 Å². The molecule has 0 fully saturated rings. The molecular weight excluding hydrogens is 304 g/mol. The molecule has 0 aromatic carbocycles. The van der Waals surface area contributed by atoms with Crippen molar-refractivity contribution in [2.45, 2.75) is 39.8 Å². The Hall–Kier alpha value is -2.70. The van der Waals surface area contributed by atoms with E-state index in [2.05, 4.69) is 46.3 Å². The molecule has 0 aliphatic rings. The summed E-state index contributed by atoms with van der Waals surface area (Å²) in [4.78, 5) is 8.84. The van der Waals surface area contributed by atoms with Crippen LogP contribution in [0, 0.1) is 5.92 Å². The summed E-state index contributed by atoms with van der Waals surface area (Å²) in [5.41, 5.74) is 0.822. The first-order valence-corrected chi connectivity index (χ1v) is 8.13. The summed E-state index contributed by atoms with van der Waals surface area (Å²) in [6, 6.07) is 5.98. The zero-order chi connectivity index (χ0) is 16.9. The topological polar surface area (TPSA) is 81.7 Å². The van der Waals surface area contributed by atoms with Crippen molar-refractivity contribution >= 4 is 5.82 Å². The summed E-state index contributed by atoms with van der Waals surface area (Å²) in [7, 11) is 0. The molecule has 0 aliphatic heterocycles. The number of anilines is 1. The molecule has 3 heterocycles. The van der Waals surface area contributed by atoms with Crippen LogP contribution in [0.4, 0.5) is 5.82 Å². The highest BCUT2D eigenvalue weighted by molar-refractivity contribution is 5.54. The molecular formula is C17H22N6O. The summed E-state index contributed by atoms with van der Waals surface area (Å²) >= 11 is 0. The standard InChI is InChI=1S/C17H22N6O/c1-12(2)9-16-21-17(24-22-16)14-5-6-15(18-10-14)20-13(3)11-23-8-4-7-19-23/h4-8,10,12-13H,9,11H2,1-3H3,(H,18,20). The van der Waals surface area contributed by atoms with E-state index in [0.29, 0.717) is 11.8 Å². The fourth-order valence-corrected chi connectivity index (χ4v) is 2.41. The number of rotatable bonds is 7. The molecule has 7 nitrogen and oxygen atoms in total. The van der Waals surface area contributed by atoms with Crippen LogP contribution in [-0.4, -0.2) is 30.9 Å². The van der Waals surface area contributed by atoms with Crippen LogP contribution in [0.2, 0.25) is 0 Å². The molecule has 3 rings (SSSR count). The van der Waals surface area contributed by atoms with E-state index in [9.17, 15) is 0 Å². The van der Waals surface area contributed by atoms with Gasteiger partial charge in [0.05, 0.1) is 12.1 Å². The zero-order valence-electron chi connectivity index (χ0n) is 14.2. The third-order valence-corrected chi connectivity index (χ3v) is 3.48. The lowest BCUT2D eigenvalue weighted by atomic mass is 10.1. The lowest BCUT2D eigenvalue weighted by Gasteiger charge is -2.14. The van der Waals surface area contributed by atoms with Crippen LogP contribution >= 0.6 is 0 Å². The molecule has 7 heteroatoms. The van der Waals surface area contributed by atoms with Crippen molar-refractivity contribution in [3.8, 4) is 11.5 Å². The van der Waals surface area contributed by atoms with E-state index in [-0.39, 0.29) is 6.04 Å². The van der Waals surface area contributed by atoms with Gasteiger partial charge in [0.15, 0.2) is 5.82 Å². The largest absolute Gasteiger partial charge is 0.366 e. The van der Waals surface area contributed by atoms with Gasteiger partial charge >= 0.3 is 0 Å². The molecule has 0 bridgehead atoms. The van der Waals surface area contributed by atoms with Crippen molar-refractivity contribution in [3.63, 3.8) is 0 Å². The average molecular weight is 326 g/mol. The summed E-state index contributed by atoms with van der Waals surface area (Å²) in [6.45, 7) is 7.12. The molecule has 0 saturated carbocycles. The maximum absolute atomic E-state index is 5.31. The van der Waals surface area contributed by atoms with Crippen molar-refractivity contribution < 1.29 is 4.52 Å². The quantitative estimate of drug-likeness (QED) is 0.718. The van der Waals surface area contributed by atoms with Crippen molar-refractivity contribution in [1.82, 2.24) is 24.9 Å². The number of hydrogen-bond donors (Lipinski definition) is 1. The molecule has 0 saturated heterocycles. The Balaban J connectivity index is 1.61. The van der Waals surface area contributed by atoms with Crippen LogP contribution in [0.3, 0.4) is 0 Å². The predicted octanol–water partition coefficient (Wildman–Crippen LogP) is 3.03. The predicted molar refractivity (Wildman–Crippen MR) is 91.4 cm³/mol. The summed E-state index contributed by atoms with van der Waals surface area (Å²) in [6.07, 6.45) is 6.27. The first-order chi connectivity index (χ1) is 11.6. The number of nitrogens with one attached hydrogen (secondary N) is 1. The van der Waals surface area contributed by atoms with Crippen molar-refractivity contribution in [2.24, 2.45) is 5.92 Å². The molecule has 3 aromatic heterocycles. The third kappa shape index (κ3) is 4.18. The Labute approximate surface area is 141 Å². The summed E-state index contributed by atoms with van der Waals surface area (Å²) < 4.78 is 7.20. The molecule has 0 radical (unpaired) electrons. The fourth-order valence-electron chi connectivity index (χ4n) is 2.41. The Morgan fingerprint density at radius 2 is 2.12 bits per heavy atom. The van der Waals surface area contributed by atoms with Gasteiger partial charge in [-0.3, -0.25) is 4.68 Å². The molecule has 1 N–H and O–H groups in total. The Morgan fingerprint density at radius 3 is 2.79 bits per heavy atom. The Kier molecular flexibility index (Phi) is 4.88. The highest BCUT2D eigenvalue weighted by Gasteiger charge is 2.11. The van der Waals surface area contributed by atoms with Crippen LogP contribution < -0.4 is 5.32 Å². The second kappa shape index (κ2) is 7.25. The highest BCUT2D eigenvalue weighted by atomic mass is 16.5. The molecule has 1 atom stereocenters. The highest BCUT2D eigenvalue weighted by Crippen LogP contribution is 2.19. The minimum absolute atomic E-state index is 0.212. The summed E-state index contributed by atoms with van der Waals surface area (Å²) in [5.74, 6) is 2.54. The van der Waals surface area contributed by atoms with Crippen LogP contribution in [-0.2, 0) is 13.0 Å². The van der Waals surface area contributed by atoms with Gasteiger partial charge in [0.2, 0.25) is 0 Å². The average Bonchev–Trinajstić information content (AvgIpc) is 3.19. The van der Waals surface area contributed by atoms with Crippen molar-refractivity contribution in [1.29, 1.82) is 0 Å². The van der Waals surface area contributed by atoms with E-state index in [1.54, 1.807) is 12.4 Å². The lowest BCUT2D eigenvalue weighted by Crippen LogP contribution is -2.22. The number of hydrogen-bond acceptors (Lipinski definition) is 6. The lowest BCUT2D eigenvalue weighted by molar-refractivity contribution is 0.417. The van der Waals surface area contributed by atoms with E-state index in [1.165, 1.54) is 0 Å². The molecule has 0 aliphatic carbocycles. The zero-order valence-corrected chi connectivity index (χ0v) is 14.2. The second-order valence-electron chi connectivity index (χ2n) is 6.32. The van der Waals surface area contributed by atoms with Crippen molar-refractivity contribution in [2.75, 3.05) is 5.32 Å². The normalized spacial score (nSPS) is 12.5. The van der Waals surface area contributed by atoms with Crippen molar-refractivity contribution in [3.05, 3.63) is 42.6 Å². The smallest absolute Gasteiger partial charge is 0.259 e. The monoisotopic (exact) mass is 326 g/mol. The van der Waals surface area contributed by atoms with Crippen LogP contribution in [0.5, 0.6) is 0 Å². The summed E-state index contributed by atoms with van der Waals surface area (Å²) in [5, 5.41) is 11.6. The first kappa shape index (κ1) is 16.2. The minimum atomic E-state index is 0.212. The van der Waals surface area contributed by atoms with E-state index in [0.717, 1.165) is 30.2 Å². The molecule has 3 aromatic rings. The third-order valence-electron chi connectivity index (χ3n) is 3.48. The van der Waals surface area contributed by atoms with Gasteiger partial charge in [0.1, 0.15) is 5.82 Å². The van der Waals surface area contributed by atoms with E-state index >= 15 is 0 Å². The van der Waals surface area contributed by atoms with Gasteiger partial charge in [-0.1, -0.05) is 19.0 Å². The van der Waals surface area contributed by atoms with E-state index in [4.69, 9.17) is 4.52 Å². The molecule has 0 spiro atoms. The van der Waals surface area contributed by atoms with Gasteiger partial charge in [-0.2, -0.15) is 10.1 Å². The second-order valence-corrected chi connectivity index (χ2v) is 6.32. The SMILES string of the molecule is CC(C)Cc1noc(-c2ccc(NC(C)Cn3cccn3)nc2)n1. The van der Waals surface area contributed by atoms with Gasteiger partial charge in [-0.05, 0) is 31.0 Å². The maximum Gasteiger partial charge on any atom is 0.259 e. The van der Waals surface area contributed by atoms with Gasteiger partial charge in [-0.15, -0.1) is 0 Å². The Bertz CT molecular complexity index is 748. The molecule has 126 valence electrons. The maximum atomic E-state index is 5.31. The molecule has 24 heavy (non-hydrogen) atoms. The Morgan fingerprint density at radius 1 is 1.25 bits per heavy atom. The van der Waals surface area contributed by atoms with Crippen LogP contribution in [0.25, 0.3) is 11.5 Å². The van der Waals surface area contributed by atoms with E-state index in [1.807, 2.05) is 29.1 Å². The van der Waals surface area contributed by atoms with E-state index < -0.39 is 0 Å².